The van der Waals surface area contributed by atoms with Gasteiger partial charge in [0.1, 0.15) is 23.9 Å². The quantitative estimate of drug-likeness (QED) is 0.226. The fraction of sp³-hybridized carbons (Fsp3) is 0.208. The normalized spacial score (nSPS) is 17.7. The number of imidazole rings is 1. The van der Waals surface area contributed by atoms with Crippen molar-refractivity contribution in [1.82, 2.24) is 9.88 Å². The maximum absolute atomic E-state index is 13.1. The maximum Gasteiger partial charge on any atom is 0.295 e. The van der Waals surface area contributed by atoms with Crippen LogP contribution in [0.3, 0.4) is 0 Å². The molecule has 1 saturated heterocycles. The van der Waals surface area contributed by atoms with Crippen LogP contribution in [0.2, 0.25) is 0 Å². The van der Waals surface area contributed by atoms with Gasteiger partial charge in [-0.15, -0.1) is 0 Å². The third kappa shape index (κ3) is 4.31. The molecule has 1 aliphatic heterocycles. The van der Waals surface area contributed by atoms with Crippen molar-refractivity contribution in [3.8, 4) is 5.75 Å². The van der Waals surface area contributed by atoms with Gasteiger partial charge < -0.3 is 14.7 Å². The van der Waals surface area contributed by atoms with Crippen molar-refractivity contribution in [3.05, 3.63) is 88.4 Å². The minimum Gasteiger partial charge on any atom is -0.507 e. The van der Waals surface area contributed by atoms with Gasteiger partial charge in [-0.25, -0.2) is 4.57 Å². The van der Waals surface area contributed by atoms with Gasteiger partial charge in [-0.1, -0.05) is 40.2 Å². The molecule has 2 aromatic carbocycles. The summed E-state index contributed by atoms with van der Waals surface area (Å²) in [6, 6.07) is 13.6. The number of carbonyl (C=O) groups excluding carboxylic acids is 2. The number of aryl methyl sites for hydroxylation is 1. The summed E-state index contributed by atoms with van der Waals surface area (Å²) in [4.78, 5) is 30.6. The van der Waals surface area contributed by atoms with Crippen molar-refractivity contribution < 1.29 is 24.0 Å². The number of methoxy groups -OCH3 is 1. The maximum atomic E-state index is 13.1. The zero-order chi connectivity index (χ0) is 22.7. The molecule has 0 radical (unpaired) electrons. The molecule has 1 aromatic heterocycles. The number of likely N-dealkylation sites (tertiary alicyclic amines) is 1. The Balaban J connectivity index is 1.73. The molecular weight excluding hydrogens is 474 g/mol. The molecule has 4 rings (SSSR count). The van der Waals surface area contributed by atoms with Crippen molar-refractivity contribution in [2.24, 2.45) is 0 Å². The predicted molar refractivity (Wildman–Crippen MR) is 122 cm³/mol. The number of carbonyl (C=O) groups is 2. The van der Waals surface area contributed by atoms with Crippen LogP contribution in [0.25, 0.3) is 5.76 Å². The molecule has 1 fully saturated rings. The van der Waals surface area contributed by atoms with E-state index in [1.54, 1.807) is 29.2 Å². The average molecular weight is 497 g/mol. The van der Waals surface area contributed by atoms with E-state index in [0.717, 1.165) is 10.0 Å². The number of Topliss-reactive ketones (excluding diaryl/α,β-unsaturated/α-hetero) is 1. The summed E-state index contributed by atoms with van der Waals surface area (Å²) in [6.07, 6.45) is 6.22. The third-order valence-electron chi connectivity index (χ3n) is 5.49. The zero-order valence-corrected chi connectivity index (χ0v) is 19.1. The van der Waals surface area contributed by atoms with Crippen LogP contribution in [0, 0.1) is 0 Å². The number of H-pyrrole nitrogens is 1. The lowest BCUT2D eigenvalue weighted by molar-refractivity contribution is -0.695. The molecule has 0 saturated carbocycles. The molecule has 2 heterocycles. The molecule has 1 unspecified atom stereocenters. The number of amides is 1. The van der Waals surface area contributed by atoms with Crippen molar-refractivity contribution in [3.63, 3.8) is 0 Å². The van der Waals surface area contributed by atoms with E-state index >= 15 is 0 Å². The first kappa shape index (κ1) is 21.8. The van der Waals surface area contributed by atoms with E-state index in [1.807, 2.05) is 47.6 Å². The summed E-state index contributed by atoms with van der Waals surface area (Å²) in [5.74, 6) is -0.960. The minimum atomic E-state index is -0.687. The van der Waals surface area contributed by atoms with Gasteiger partial charge in [0.15, 0.2) is 0 Å². The second-order valence-electron chi connectivity index (χ2n) is 7.48. The highest BCUT2D eigenvalue weighted by molar-refractivity contribution is 9.10. The molecule has 1 aliphatic rings. The molecule has 0 bridgehead atoms. The van der Waals surface area contributed by atoms with Gasteiger partial charge in [-0.05, 0) is 29.8 Å². The number of aliphatic hydroxyl groups is 1. The van der Waals surface area contributed by atoms with Gasteiger partial charge >= 0.3 is 0 Å². The fourth-order valence-corrected chi connectivity index (χ4v) is 4.18. The summed E-state index contributed by atoms with van der Waals surface area (Å²) in [5.41, 5.74) is 1.26. The van der Waals surface area contributed by atoms with Crippen LogP contribution >= 0.6 is 15.9 Å². The number of hydrogen-bond donors (Lipinski definition) is 2. The Morgan fingerprint density at radius 3 is 2.69 bits per heavy atom. The van der Waals surface area contributed by atoms with Crippen LogP contribution in [-0.2, 0) is 16.1 Å². The molecule has 8 heteroatoms. The molecule has 164 valence electrons. The topological polar surface area (TPSA) is 86.5 Å². The molecule has 1 amide bonds. The number of aromatic nitrogens is 2. The molecule has 3 aromatic rings. The number of hydrogen-bond acceptors (Lipinski definition) is 4. The Morgan fingerprint density at radius 1 is 1.22 bits per heavy atom. The van der Waals surface area contributed by atoms with Crippen LogP contribution in [0.15, 0.2) is 77.3 Å². The SMILES string of the molecule is COc1cccc(C(O)=C2C(=O)C(=O)N(CCC[n+]3cc[nH]c3)C2c2ccc(Br)cc2)c1. The number of ketones is 1. The summed E-state index contributed by atoms with van der Waals surface area (Å²) >= 11 is 3.43. The summed E-state index contributed by atoms with van der Waals surface area (Å²) in [6.45, 7) is 1.06. The smallest absolute Gasteiger partial charge is 0.295 e. The number of benzene rings is 2. The second-order valence-corrected chi connectivity index (χ2v) is 8.39. The monoisotopic (exact) mass is 496 g/mol. The van der Waals surface area contributed by atoms with E-state index in [0.29, 0.717) is 30.8 Å². The number of halogens is 1. The molecule has 32 heavy (non-hydrogen) atoms. The first-order valence-corrected chi connectivity index (χ1v) is 11.0. The predicted octanol–water partition coefficient (Wildman–Crippen LogP) is 3.59. The molecule has 0 spiro atoms. The Labute approximate surface area is 194 Å². The highest BCUT2D eigenvalue weighted by atomic mass is 79.9. The molecule has 1 atom stereocenters. The van der Waals surface area contributed by atoms with Gasteiger partial charge in [0, 0.05) is 23.0 Å². The van der Waals surface area contributed by atoms with Crippen molar-refractivity contribution in [2.75, 3.05) is 13.7 Å². The van der Waals surface area contributed by atoms with Crippen LogP contribution in [0.5, 0.6) is 5.75 Å². The van der Waals surface area contributed by atoms with Crippen molar-refractivity contribution in [2.45, 2.75) is 19.0 Å². The van der Waals surface area contributed by atoms with E-state index in [1.165, 1.54) is 7.11 Å². The van der Waals surface area contributed by atoms with Crippen LogP contribution in [-0.4, -0.2) is 40.3 Å². The van der Waals surface area contributed by atoms with Gasteiger partial charge in [-0.2, -0.15) is 0 Å². The number of aromatic amines is 1. The number of aliphatic hydroxyl groups excluding tert-OH is 1. The summed E-state index contributed by atoms with van der Waals surface area (Å²) in [5, 5.41) is 11.1. The van der Waals surface area contributed by atoms with Crippen LogP contribution in [0.1, 0.15) is 23.6 Å². The molecule has 2 N–H and O–H groups in total. The molecule has 7 nitrogen and oxygen atoms in total. The van der Waals surface area contributed by atoms with Crippen LogP contribution in [0.4, 0.5) is 0 Å². The minimum absolute atomic E-state index is 0.0832. The number of nitrogens with one attached hydrogen (secondary N) is 1. The number of ether oxygens (including phenoxy) is 1. The van der Waals surface area contributed by atoms with Gasteiger partial charge in [0.05, 0.1) is 25.3 Å². The van der Waals surface area contributed by atoms with E-state index < -0.39 is 17.7 Å². The molecule has 0 aliphatic carbocycles. The Bertz CT molecular complexity index is 1160. The highest BCUT2D eigenvalue weighted by Gasteiger charge is 2.45. The Kier molecular flexibility index (Phi) is 6.41. The van der Waals surface area contributed by atoms with E-state index in [-0.39, 0.29) is 11.3 Å². The summed E-state index contributed by atoms with van der Waals surface area (Å²) in [7, 11) is 1.53. The number of nitrogens with zero attached hydrogens (tertiary/aromatic N) is 2. The van der Waals surface area contributed by atoms with Crippen molar-refractivity contribution in [1.29, 1.82) is 0 Å². The lowest BCUT2D eigenvalue weighted by Gasteiger charge is -2.25. The first-order valence-electron chi connectivity index (χ1n) is 10.2. The van der Waals surface area contributed by atoms with Gasteiger partial charge in [0.2, 0.25) is 6.33 Å². The number of rotatable bonds is 7. The zero-order valence-electron chi connectivity index (χ0n) is 17.5. The third-order valence-corrected chi connectivity index (χ3v) is 6.02. The van der Waals surface area contributed by atoms with E-state index in [4.69, 9.17) is 4.74 Å². The lowest BCUT2D eigenvalue weighted by Crippen LogP contribution is -2.36. The van der Waals surface area contributed by atoms with Gasteiger partial charge in [0.25, 0.3) is 11.7 Å². The van der Waals surface area contributed by atoms with Gasteiger partial charge in [-0.3, -0.25) is 14.6 Å². The Hall–Kier alpha value is -3.39. The highest BCUT2D eigenvalue weighted by Crippen LogP contribution is 2.40. The standard InChI is InChI=1S/C24H22BrN3O4/c1-32-19-5-2-4-17(14-19)22(29)20-21(16-6-8-18(25)9-7-16)28(24(31)23(20)30)12-3-11-27-13-10-26-15-27/h2,4-10,13-15,21H,3,11-12H2,1H3,(H,29,30)/p+1. The first-order chi connectivity index (χ1) is 15.5. The fourth-order valence-electron chi connectivity index (χ4n) is 3.91. The summed E-state index contributed by atoms with van der Waals surface area (Å²) < 4.78 is 8.10. The average Bonchev–Trinajstić information content (AvgIpc) is 3.41. The van der Waals surface area contributed by atoms with Crippen LogP contribution < -0.4 is 9.30 Å². The second kappa shape index (κ2) is 9.40. The largest absolute Gasteiger partial charge is 0.507 e. The van der Waals surface area contributed by atoms with E-state index in [9.17, 15) is 14.7 Å². The van der Waals surface area contributed by atoms with E-state index in [2.05, 4.69) is 20.9 Å². The lowest BCUT2D eigenvalue weighted by atomic mass is 9.95. The molecular formula is C24H23BrN3O4+. The van der Waals surface area contributed by atoms with Crippen molar-refractivity contribution >= 4 is 33.4 Å². The Morgan fingerprint density at radius 2 is 2.00 bits per heavy atom.